The summed E-state index contributed by atoms with van der Waals surface area (Å²) >= 11 is 0. The lowest BCUT2D eigenvalue weighted by Gasteiger charge is -2.03. The summed E-state index contributed by atoms with van der Waals surface area (Å²) < 4.78 is 4.66. The molecule has 19 heavy (non-hydrogen) atoms. The van der Waals surface area contributed by atoms with E-state index in [1.807, 2.05) is 0 Å². The minimum atomic E-state index is -0.887. The highest BCUT2D eigenvalue weighted by Crippen LogP contribution is 2.17. The fourth-order valence-corrected chi connectivity index (χ4v) is 1.63. The maximum atomic E-state index is 11.8. The second-order valence-corrected chi connectivity index (χ2v) is 3.79. The SMILES string of the molecule is CCOC(=O)C(=O)c1cccc(-c2c[nH]c(=O)[nH]2)c1. The predicted molar refractivity (Wildman–Crippen MR) is 67.8 cm³/mol. The number of hydrogen-bond acceptors (Lipinski definition) is 4. The Balaban J connectivity index is 2.32. The van der Waals surface area contributed by atoms with E-state index in [0.29, 0.717) is 11.3 Å². The van der Waals surface area contributed by atoms with Crippen molar-refractivity contribution in [1.82, 2.24) is 9.97 Å². The Kier molecular flexibility index (Phi) is 3.61. The van der Waals surface area contributed by atoms with Crippen LogP contribution in [0.5, 0.6) is 0 Å². The molecule has 2 N–H and O–H groups in total. The second kappa shape index (κ2) is 5.34. The summed E-state index contributed by atoms with van der Waals surface area (Å²) in [4.78, 5) is 39.2. The highest BCUT2D eigenvalue weighted by molar-refractivity contribution is 6.40. The number of H-pyrrole nitrogens is 2. The molecule has 1 aromatic carbocycles. The van der Waals surface area contributed by atoms with Gasteiger partial charge < -0.3 is 14.7 Å². The van der Waals surface area contributed by atoms with E-state index < -0.39 is 11.8 Å². The Labute approximate surface area is 108 Å². The number of esters is 1. The summed E-state index contributed by atoms with van der Waals surface area (Å²) in [5.74, 6) is -1.59. The van der Waals surface area contributed by atoms with Crippen LogP contribution < -0.4 is 5.69 Å². The Morgan fingerprint density at radius 3 is 2.74 bits per heavy atom. The lowest BCUT2D eigenvalue weighted by atomic mass is 10.1. The maximum Gasteiger partial charge on any atom is 0.379 e. The quantitative estimate of drug-likeness (QED) is 0.489. The van der Waals surface area contributed by atoms with Crippen molar-refractivity contribution in [2.75, 3.05) is 6.61 Å². The van der Waals surface area contributed by atoms with Gasteiger partial charge in [-0.05, 0) is 13.0 Å². The van der Waals surface area contributed by atoms with E-state index in [0.717, 1.165) is 0 Å². The van der Waals surface area contributed by atoms with Crippen LogP contribution in [0.15, 0.2) is 35.3 Å². The summed E-state index contributed by atoms with van der Waals surface area (Å²) in [7, 11) is 0. The molecule has 0 unspecified atom stereocenters. The van der Waals surface area contributed by atoms with Gasteiger partial charge in [-0.1, -0.05) is 18.2 Å². The van der Waals surface area contributed by atoms with Crippen molar-refractivity contribution in [2.45, 2.75) is 6.92 Å². The van der Waals surface area contributed by atoms with Crippen molar-refractivity contribution < 1.29 is 14.3 Å². The van der Waals surface area contributed by atoms with Gasteiger partial charge in [0.25, 0.3) is 5.78 Å². The number of aromatic nitrogens is 2. The lowest BCUT2D eigenvalue weighted by Crippen LogP contribution is -2.17. The number of nitrogens with one attached hydrogen (secondary N) is 2. The molecule has 6 heteroatoms. The van der Waals surface area contributed by atoms with Crippen LogP contribution in [-0.2, 0) is 9.53 Å². The third kappa shape index (κ3) is 2.79. The second-order valence-electron chi connectivity index (χ2n) is 3.79. The van der Waals surface area contributed by atoms with Gasteiger partial charge in [0, 0.05) is 17.3 Å². The Morgan fingerprint density at radius 1 is 1.32 bits per heavy atom. The number of benzene rings is 1. The Bertz CT molecular complexity index is 669. The first-order valence-corrected chi connectivity index (χ1v) is 5.71. The summed E-state index contributed by atoms with van der Waals surface area (Å²) in [5, 5.41) is 0. The zero-order valence-corrected chi connectivity index (χ0v) is 10.2. The molecule has 0 saturated heterocycles. The minimum absolute atomic E-state index is 0.148. The summed E-state index contributed by atoms with van der Waals surface area (Å²) in [6.45, 7) is 1.78. The molecule has 0 bridgehead atoms. The molecular weight excluding hydrogens is 248 g/mol. The van der Waals surface area contributed by atoms with Gasteiger partial charge in [0.05, 0.1) is 12.3 Å². The normalized spacial score (nSPS) is 10.2. The number of ketones is 1. The third-order valence-corrected chi connectivity index (χ3v) is 2.49. The third-order valence-electron chi connectivity index (χ3n) is 2.49. The zero-order valence-electron chi connectivity index (χ0n) is 10.2. The maximum absolute atomic E-state index is 11.8. The van der Waals surface area contributed by atoms with Crippen molar-refractivity contribution >= 4 is 11.8 Å². The van der Waals surface area contributed by atoms with Gasteiger partial charge in [-0.25, -0.2) is 9.59 Å². The van der Waals surface area contributed by atoms with E-state index in [4.69, 9.17) is 0 Å². The number of aromatic amines is 2. The molecule has 0 aliphatic rings. The molecule has 0 atom stereocenters. The number of rotatable bonds is 4. The summed E-state index contributed by atoms with van der Waals surface area (Å²) in [5.41, 5.74) is 1.06. The smallest absolute Gasteiger partial charge is 0.379 e. The van der Waals surface area contributed by atoms with Gasteiger partial charge in [0.1, 0.15) is 0 Å². The van der Waals surface area contributed by atoms with Gasteiger partial charge in [-0.15, -0.1) is 0 Å². The van der Waals surface area contributed by atoms with Crippen molar-refractivity contribution in [2.24, 2.45) is 0 Å². The van der Waals surface area contributed by atoms with Crippen LogP contribution in [0.3, 0.4) is 0 Å². The van der Waals surface area contributed by atoms with E-state index in [1.165, 1.54) is 18.3 Å². The fourth-order valence-electron chi connectivity index (χ4n) is 1.63. The number of ether oxygens (including phenoxy) is 1. The van der Waals surface area contributed by atoms with Gasteiger partial charge in [0.2, 0.25) is 0 Å². The molecule has 2 rings (SSSR count). The van der Waals surface area contributed by atoms with E-state index in [9.17, 15) is 14.4 Å². The molecule has 98 valence electrons. The van der Waals surface area contributed by atoms with Gasteiger partial charge in [-0.2, -0.15) is 0 Å². The molecule has 0 amide bonds. The van der Waals surface area contributed by atoms with Crippen molar-refractivity contribution in [3.8, 4) is 11.3 Å². The predicted octanol–water partition coefficient (Wildman–Crippen LogP) is 1.12. The first kappa shape index (κ1) is 12.8. The van der Waals surface area contributed by atoms with Crippen LogP contribution in [0.2, 0.25) is 0 Å². The highest BCUT2D eigenvalue weighted by Gasteiger charge is 2.17. The molecule has 0 spiro atoms. The average Bonchev–Trinajstić information content (AvgIpc) is 2.85. The molecule has 0 saturated carbocycles. The standard InChI is InChI=1S/C13H12N2O4/c1-2-19-12(17)11(16)9-5-3-4-8(6-9)10-7-14-13(18)15-10/h3-7H,2H2,1H3,(H2,14,15,18). The largest absolute Gasteiger partial charge is 0.460 e. The molecule has 2 aromatic rings. The van der Waals surface area contributed by atoms with E-state index >= 15 is 0 Å². The number of hydrogen-bond donors (Lipinski definition) is 2. The van der Waals surface area contributed by atoms with Crippen LogP contribution in [0.25, 0.3) is 11.3 Å². The molecular formula is C13H12N2O4. The van der Waals surface area contributed by atoms with Crippen LogP contribution in [-0.4, -0.2) is 28.3 Å². The average molecular weight is 260 g/mol. The van der Waals surface area contributed by atoms with E-state index in [2.05, 4.69) is 14.7 Å². The molecule has 0 fully saturated rings. The number of carbonyl (C=O) groups excluding carboxylic acids is 2. The van der Waals surface area contributed by atoms with Crippen LogP contribution >= 0.6 is 0 Å². The van der Waals surface area contributed by atoms with E-state index in [-0.39, 0.29) is 17.9 Å². The first-order valence-electron chi connectivity index (χ1n) is 5.71. The number of Topliss-reactive ketones (excluding diaryl/α,β-unsaturated/α-hetero) is 1. The molecule has 0 aliphatic carbocycles. The molecule has 1 heterocycles. The van der Waals surface area contributed by atoms with Crippen molar-refractivity contribution in [3.05, 3.63) is 46.5 Å². The fraction of sp³-hybridized carbons (Fsp3) is 0.154. The van der Waals surface area contributed by atoms with E-state index in [1.54, 1.807) is 19.1 Å². The first-order chi connectivity index (χ1) is 9.11. The zero-order chi connectivity index (χ0) is 13.8. The van der Waals surface area contributed by atoms with Crippen molar-refractivity contribution in [3.63, 3.8) is 0 Å². The molecule has 0 radical (unpaired) electrons. The Morgan fingerprint density at radius 2 is 2.11 bits per heavy atom. The lowest BCUT2D eigenvalue weighted by molar-refractivity contribution is -0.137. The molecule has 0 aliphatic heterocycles. The molecule has 1 aromatic heterocycles. The minimum Gasteiger partial charge on any atom is -0.460 e. The van der Waals surface area contributed by atoms with Gasteiger partial charge in [0.15, 0.2) is 0 Å². The summed E-state index contributed by atoms with van der Waals surface area (Å²) in [6.07, 6.45) is 1.50. The van der Waals surface area contributed by atoms with Crippen LogP contribution in [0.1, 0.15) is 17.3 Å². The van der Waals surface area contributed by atoms with Crippen molar-refractivity contribution in [1.29, 1.82) is 0 Å². The topological polar surface area (TPSA) is 92.0 Å². The van der Waals surface area contributed by atoms with Gasteiger partial charge >= 0.3 is 11.7 Å². The monoisotopic (exact) mass is 260 g/mol. The number of imidazole rings is 1. The van der Waals surface area contributed by atoms with Crippen LogP contribution in [0, 0.1) is 0 Å². The van der Waals surface area contributed by atoms with Crippen LogP contribution in [0.4, 0.5) is 0 Å². The number of carbonyl (C=O) groups is 2. The summed E-state index contributed by atoms with van der Waals surface area (Å²) in [6, 6.07) is 6.40. The van der Waals surface area contributed by atoms with Gasteiger partial charge in [-0.3, -0.25) is 4.79 Å². The highest BCUT2D eigenvalue weighted by atomic mass is 16.5. The molecule has 6 nitrogen and oxygen atoms in total. The Hall–Kier alpha value is -2.63.